The highest BCUT2D eigenvalue weighted by Crippen LogP contribution is 2.25. The van der Waals surface area contributed by atoms with E-state index in [-0.39, 0.29) is 0 Å². The van der Waals surface area contributed by atoms with E-state index >= 15 is 0 Å². The topological polar surface area (TPSA) is 46.5 Å². The molecule has 0 aliphatic rings. The van der Waals surface area contributed by atoms with Gasteiger partial charge in [-0.25, -0.2) is 4.79 Å². The lowest BCUT2D eigenvalue weighted by molar-refractivity contribution is -0.152. The molecule has 88 valence electrons. The average Bonchev–Trinajstić information content (AvgIpc) is 2.20. The molecule has 16 heavy (non-hydrogen) atoms. The van der Waals surface area contributed by atoms with E-state index in [1.54, 1.807) is 18.2 Å². The van der Waals surface area contributed by atoms with Crippen molar-refractivity contribution in [1.82, 2.24) is 0 Å². The predicted molar refractivity (Wildman–Crippen MR) is 63.2 cm³/mol. The third-order valence-electron chi connectivity index (χ3n) is 2.29. The summed E-state index contributed by atoms with van der Waals surface area (Å²) in [6.07, 6.45) is 0.781. The summed E-state index contributed by atoms with van der Waals surface area (Å²) >= 11 is 5.96. The van der Waals surface area contributed by atoms with Gasteiger partial charge in [-0.05, 0) is 44.0 Å². The Hall–Kier alpha value is -1.22. The fourth-order valence-corrected chi connectivity index (χ4v) is 1.47. The van der Waals surface area contributed by atoms with E-state index in [1.165, 1.54) is 13.8 Å². The first-order chi connectivity index (χ1) is 7.36. The molecule has 0 spiro atoms. The molecule has 1 N–H and O–H groups in total. The van der Waals surface area contributed by atoms with E-state index in [2.05, 4.69) is 0 Å². The minimum atomic E-state index is -1.24. The van der Waals surface area contributed by atoms with Gasteiger partial charge in [0.2, 0.25) is 0 Å². The smallest absolute Gasteiger partial charge is 0.347 e. The molecule has 0 heterocycles. The molecule has 0 radical (unpaired) electrons. The number of benzene rings is 1. The fraction of sp³-hybridized carbons (Fsp3) is 0.417. The Morgan fingerprint density at radius 1 is 1.50 bits per heavy atom. The van der Waals surface area contributed by atoms with Gasteiger partial charge in [0, 0.05) is 5.02 Å². The second kappa shape index (κ2) is 4.74. The number of carboxylic acid groups (broad SMARTS) is 1. The van der Waals surface area contributed by atoms with Crippen LogP contribution >= 0.6 is 11.6 Å². The molecule has 4 heteroatoms. The molecule has 1 aromatic rings. The van der Waals surface area contributed by atoms with Crippen LogP contribution in [0.25, 0.3) is 0 Å². The van der Waals surface area contributed by atoms with Gasteiger partial charge in [0.25, 0.3) is 0 Å². The maximum Gasteiger partial charge on any atom is 0.347 e. The SMILES string of the molecule is CCc1cc(OC(C)(C)C(=O)O)ccc1Cl. The van der Waals surface area contributed by atoms with Gasteiger partial charge in [-0.3, -0.25) is 0 Å². The highest BCUT2D eigenvalue weighted by molar-refractivity contribution is 6.31. The zero-order chi connectivity index (χ0) is 12.3. The second-order valence-corrected chi connectivity index (χ2v) is 4.43. The van der Waals surface area contributed by atoms with Gasteiger partial charge in [-0.1, -0.05) is 18.5 Å². The molecular weight excluding hydrogens is 228 g/mol. The predicted octanol–water partition coefficient (Wildman–Crippen LogP) is 3.14. The molecule has 3 nitrogen and oxygen atoms in total. The number of aliphatic carboxylic acids is 1. The van der Waals surface area contributed by atoms with Crippen molar-refractivity contribution in [2.75, 3.05) is 0 Å². The van der Waals surface area contributed by atoms with Crippen LogP contribution in [0, 0.1) is 0 Å². The highest BCUT2D eigenvalue weighted by Gasteiger charge is 2.29. The molecule has 0 saturated carbocycles. The summed E-state index contributed by atoms with van der Waals surface area (Å²) < 4.78 is 5.40. The van der Waals surface area contributed by atoms with Gasteiger partial charge < -0.3 is 9.84 Å². The molecule has 0 aliphatic carbocycles. The van der Waals surface area contributed by atoms with E-state index in [4.69, 9.17) is 21.4 Å². The second-order valence-electron chi connectivity index (χ2n) is 4.02. The van der Waals surface area contributed by atoms with Crippen molar-refractivity contribution in [3.8, 4) is 5.75 Å². The maximum absolute atomic E-state index is 10.9. The molecular formula is C12H15ClO3. The summed E-state index contributed by atoms with van der Waals surface area (Å²) in [5.74, 6) is -0.478. The van der Waals surface area contributed by atoms with Gasteiger partial charge >= 0.3 is 5.97 Å². The summed E-state index contributed by atoms with van der Waals surface area (Å²) in [7, 11) is 0. The molecule has 0 bridgehead atoms. The largest absolute Gasteiger partial charge is 0.478 e. The van der Waals surface area contributed by atoms with E-state index in [1.807, 2.05) is 6.92 Å². The number of hydrogen-bond acceptors (Lipinski definition) is 2. The zero-order valence-electron chi connectivity index (χ0n) is 9.58. The van der Waals surface area contributed by atoms with Crippen LogP contribution in [0.4, 0.5) is 0 Å². The maximum atomic E-state index is 10.9. The van der Waals surface area contributed by atoms with Crippen LogP contribution < -0.4 is 4.74 Å². The lowest BCUT2D eigenvalue weighted by atomic mass is 10.1. The summed E-state index contributed by atoms with van der Waals surface area (Å²) in [4.78, 5) is 10.9. The average molecular weight is 243 g/mol. The van der Waals surface area contributed by atoms with Crippen molar-refractivity contribution in [1.29, 1.82) is 0 Å². The van der Waals surface area contributed by atoms with Gasteiger partial charge in [0.05, 0.1) is 0 Å². The Kier molecular flexibility index (Phi) is 3.81. The quantitative estimate of drug-likeness (QED) is 0.882. The zero-order valence-corrected chi connectivity index (χ0v) is 10.3. The summed E-state index contributed by atoms with van der Waals surface area (Å²) in [5.41, 5.74) is -0.292. The van der Waals surface area contributed by atoms with Crippen molar-refractivity contribution >= 4 is 17.6 Å². The Bertz CT molecular complexity index is 399. The summed E-state index contributed by atoms with van der Waals surface area (Å²) in [6.45, 7) is 5.00. The molecule has 0 saturated heterocycles. The fourth-order valence-electron chi connectivity index (χ4n) is 1.22. The van der Waals surface area contributed by atoms with Crippen molar-refractivity contribution in [2.24, 2.45) is 0 Å². The van der Waals surface area contributed by atoms with Crippen LogP contribution in [0.5, 0.6) is 5.75 Å². The third kappa shape index (κ3) is 2.89. The molecule has 1 aromatic carbocycles. The van der Waals surface area contributed by atoms with Crippen molar-refractivity contribution in [3.05, 3.63) is 28.8 Å². The Balaban J connectivity index is 2.94. The van der Waals surface area contributed by atoms with Gasteiger partial charge in [-0.15, -0.1) is 0 Å². The van der Waals surface area contributed by atoms with Crippen LogP contribution in [0.1, 0.15) is 26.3 Å². The molecule has 1 rings (SSSR count). The summed E-state index contributed by atoms with van der Waals surface area (Å²) in [6, 6.07) is 5.16. The van der Waals surface area contributed by atoms with Crippen molar-refractivity contribution < 1.29 is 14.6 Å². The number of carbonyl (C=O) groups is 1. The van der Waals surface area contributed by atoms with E-state index < -0.39 is 11.6 Å². The first-order valence-corrected chi connectivity index (χ1v) is 5.45. The number of halogens is 1. The van der Waals surface area contributed by atoms with Gasteiger partial charge in [0.1, 0.15) is 5.75 Å². The monoisotopic (exact) mass is 242 g/mol. The minimum Gasteiger partial charge on any atom is -0.478 e. The van der Waals surface area contributed by atoms with E-state index in [0.717, 1.165) is 12.0 Å². The lowest BCUT2D eigenvalue weighted by Gasteiger charge is -2.22. The number of carboxylic acids is 1. The Morgan fingerprint density at radius 2 is 2.12 bits per heavy atom. The lowest BCUT2D eigenvalue weighted by Crippen LogP contribution is -2.37. The number of hydrogen-bond donors (Lipinski definition) is 1. The standard InChI is InChI=1S/C12H15ClO3/c1-4-8-7-9(5-6-10(8)13)16-12(2,3)11(14)15/h5-7H,4H2,1-3H3,(H,14,15). The number of ether oxygens (including phenoxy) is 1. The molecule has 0 amide bonds. The molecule has 0 aliphatic heterocycles. The van der Waals surface area contributed by atoms with Crippen LogP contribution in [-0.2, 0) is 11.2 Å². The van der Waals surface area contributed by atoms with Crippen LogP contribution in [-0.4, -0.2) is 16.7 Å². The van der Waals surface area contributed by atoms with Crippen molar-refractivity contribution in [3.63, 3.8) is 0 Å². The van der Waals surface area contributed by atoms with Crippen LogP contribution in [0.3, 0.4) is 0 Å². The molecule has 0 unspecified atom stereocenters. The number of rotatable bonds is 4. The third-order valence-corrected chi connectivity index (χ3v) is 2.65. The highest BCUT2D eigenvalue weighted by atomic mass is 35.5. The normalized spacial score (nSPS) is 11.2. The number of aryl methyl sites for hydroxylation is 1. The van der Waals surface area contributed by atoms with E-state index in [0.29, 0.717) is 10.8 Å². The summed E-state index contributed by atoms with van der Waals surface area (Å²) in [5, 5.41) is 9.60. The molecule has 0 atom stereocenters. The molecule has 0 fully saturated rings. The first kappa shape index (κ1) is 12.8. The van der Waals surface area contributed by atoms with Crippen molar-refractivity contribution in [2.45, 2.75) is 32.8 Å². The van der Waals surface area contributed by atoms with Gasteiger partial charge in [0.15, 0.2) is 5.60 Å². The van der Waals surface area contributed by atoms with Gasteiger partial charge in [-0.2, -0.15) is 0 Å². The van der Waals surface area contributed by atoms with E-state index in [9.17, 15) is 4.79 Å². The molecule has 0 aromatic heterocycles. The van der Waals surface area contributed by atoms with Crippen LogP contribution in [0.15, 0.2) is 18.2 Å². The minimum absolute atomic E-state index is 0.522. The van der Waals surface area contributed by atoms with Crippen LogP contribution in [0.2, 0.25) is 5.02 Å². The first-order valence-electron chi connectivity index (χ1n) is 5.07. The Labute approximate surface area is 100.0 Å². The Morgan fingerprint density at radius 3 is 2.62 bits per heavy atom.